The van der Waals surface area contributed by atoms with Crippen molar-refractivity contribution in [2.24, 2.45) is 4.99 Å². The lowest BCUT2D eigenvalue weighted by atomic mass is 10.3. The van der Waals surface area contributed by atoms with E-state index in [1.165, 1.54) is 0 Å². The Morgan fingerprint density at radius 2 is 2.11 bits per heavy atom. The van der Waals surface area contributed by atoms with Crippen LogP contribution in [0.3, 0.4) is 0 Å². The molecule has 0 fully saturated rings. The van der Waals surface area contributed by atoms with Crippen LogP contribution in [0.5, 0.6) is 0 Å². The minimum Gasteiger partial charge on any atom is -0.364 e. The van der Waals surface area contributed by atoms with E-state index >= 15 is 0 Å². The normalized spacial score (nSPS) is 11.2. The van der Waals surface area contributed by atoms with Gasteiger partial charge in [0.15, 0.2) is 11.8 Å². The van der Waals surface area contributed by atoms with Crippen LogP contribution in [0.15, 0.2) is 46.2 Å². The number of guanidine groups is 1. The molecule has 0 aromatic carbocycles. The van der Waals surface area contributed by atoms with Gasteiger partial charge in [0, 0.05) is 38.6 Å². The standard InChI is InChI=1S/C18H23N7O.HI/c1-13-9-14(2)25(22-13)17-6-5-15(10-20-17)11-21-18(19-3)24(4)12-16-7-8-26-23-16;/h5-10H,11-12H2,1-4H3,(H,19,21);1H. The van der Waals surface area contributed by atoms with Gasteiger partial charge in [0.25, 0.3) is 0 Å². The number of hydrogen-bond donors (Lipinski definition) is 1. The molecule has 3 aromatic rings. The molecule has 8 nitrogen and oxygen atoms in total. The summed E-state index contributed by atoms with van der Waals surface area (Å²) in [4.78, 5) is 10.8. The predicted octanol–water partition coefficient (Wildman–Crippen LogP) is 2.70. The lowest BCUT2D eigenvalue weighted by Crippen LogP contribution is -2.38. The fourth-order valence-electron chi connectivity index (χ4n) is 2.71. The molecule has 3 aromatic heterocycles. The number of nitrogens with one attached hydrogen (secondary N) is 1. The van der Waals surface area contributed by atoms with E-state index in [-0.39, 0.29) is 24.0 Å². The minimum absolute atomic E-state index is 0. The van der Waals surface area contributed by atoms with Crippen molar-refractivity contribution >= 4 is 29.9 Å². The molecule has 0 aliphatic rings. The van der Waals surface area contributed by atoms with E-state index in [2.05, 4.69) is 25.5 Å². The van der Waals surface area contributed by atoms with Crippen molar-refractivity contribution in [2.75, 3.05) is 14.1 Å². The molecule has 0 amide bonds. The Morgan fingerprint density at radius 3 is 2.67 bits per heavy atom. The summed E-state index contributed by atoms with van der Waals surface area (Å²) in [6, 6.07) is 7.88. The predicted molar refractivity (Wildman–Crippen MR) is 114 cm³/mol. The average Bonchev–Trinajstić information content (AvgIpc) is 3.25. The molecule has 0 aliphatic carbocycles. The molecule has 0 saturated carbocycles. The Bertz CT molecular complexity index is 872. The molecule has 0 aliphatic heterocycles. The molecule has 144 valence electrons. The molecule has 1 N–H and O–H groups in total. The van der Waals surface area contributed by atoms with E-state index in [9.17, 15) is 0 Å². The van der Waals surface area contributed by atoms with E-state index < -0.39 is 0 Å². The molecular weight excluding hydrogens is 457 g/mol. The summed E-state index contributed by atoms with van der Waals surface area (Å²) < 4.78 is 6.71. The van der Waals surface area contributed by atoms with Crippen molar-refractivity contribution < 1.29 is 4.52 Å². The van der Waals surface area contributed by atoms with Crippen LogP contribution in [0.1, 0.15) is 22.6 Å². The largest absolute Gasteiger partial charge is 0.364 e. The Balaban J connectivity index is 0.00000261. The van der Waals surface area contributed by atoms with Gasteiger partial charge in [-0.2, -0.15) is 5.10 Å². The van der Waals surface area contributed by atoms with Gasteiger partial charge in [-0.05, 0) is 31.5 Å². The van der Waals surface area contributed by atoms with Gasteiger partial charge in [0.05, 0.1) is 12.2 Å². The summed E-state index contributed by atoms with van der Waals surface area (Å²) in [5.74, 6) is 1.59. The third-order valence-corrected chi connectivity index (χ3v) is 3.95. The lowest BCUT2D eigenvalue weighted by Gasteiger charge is -2.21. The molecule has 3 heterocycles. The third-order valence-electron chi connectivity index (χ3n) is 3.95. The van der Waals surface area contributed by atoms with Gasteiger partial charge in [0.2, 0.25) is 0 Å². The third kappa shape index (κ3) is 5.28. The zero-order valence-electron chi connectivity index (χ0n) is 15.9. The van der Waals surface area contributed by atoms with E-state index in [4.69, 9.17) is 4.52 Å². The van der Waals surface area contributed by atoms with Crippen LogP contribution in [0.25, 0.3) is 5.82 Å². The summed E-state index contributed by atoms with van der Waals surface area (Å²) in [6.45, 7) is 5.24. The molecule has 0 atom stereocenters. The second-order valence-electron chi connectivity index (χ2n) is 6.11. The van der Waals surface area contributed by atoms with Gasteiger partial charge in [-0.25, -0.2) is 9.67 Å². The first-order valence-electron chi connectivity index (χ1n) is 8.36. The first-order chi connectivity index (χ1) is 12.6. The number of hydrogen-bond acceptors (Lipinski definition) is 5. The van der Waals surface area contributed by atoms with Gasteiger partial charge in [0.1, 0.15) is 12.0 Å². The quantitative estimate of drug-likeness (QED) is 0.343. The van der Waals surface area contributed by atoms with Crippen LogP contribution in [0, 0.1) is 13.8 Å². The van der Waals surface area contributed by atoms with Crippen LogP contribution in [0.2, 0.25) is 0 Å². The Labute approximate surface area is 175 Å². The van der Waals surface area contributed by atoms with Gasteiger partial charge in [-0.15, -0.1) is 24.0 Å². The van der Waals surface area contributed by atoms with E-state index in [0.29, 0.717) is 13.1 Å². The number of aliphatic imine (C=N–C) groups is 1. The maximum Gasteiger partial charge on any atom is 0.194 e. The van der Waals surface area contributed by atoms with Crippen molar-refractivity contribution in [1.29, 1.82) is 0 Å². The summed E-state index contributed by atoms with van der Waals surface area (Å²) in [6.07, 6.45) is 3.42. The number of aryl methyl sites for hydroxylation is 2. The smallest absolute Gasteiger partial charge is 0.194 e. The highest BCUT2D eigenvalue weighted by atomic mass is 127. The van der Waals surface area contributed by atoms with E-state index in [1.807, 2.05) is 60.9 Å². The highest BCUT2D eigenvalue weighted by molar-refractivity contribution is 14.0. The molecule has 9 heteroatoms. The number of pyridine rings is 1. The molecule has 3 rings (SSSR count). The number of rotatable bonds is 5. The number of halogens is 1. The lowest BCUT2D eigenvalue weighted by molar-refractivity contribution is 0.391. The highest BCUT2D eigenvalue weighted by Gasteiger charge is 2.09. The number of nitrogens with zero attached hydrogens (tertiary/aromatic N) is 6. The molecule has 0 saturated heterocycles. The molecule has 0 unspecified atom stereocenters. The molecule has 0 bridgehead atoms. The molecular formula is C18H24IN7O. The number of aromatic nitrogens is 4. The summed E-state index contributed by atoms with van der Waals surface area (Å²) in [5.41, 5.74) is 3.96. The summed E-state index contributed by atoms with van der Waals surface area (Å²) in [7, 11) is 3.71. The average molecular weight is 481 g/mol. The van der Waals surface area contributed by atoms with Crippen molar-refractivity contribution in [3.63, 3.8) is 0 Å². The van der Waals surface area contributed by atoms with Crippen molar-refractivity contribution in [3.8, 4) is 5.82 Å². The summed E-state index contributed by atoms with van der Waals surface area (Å²) >= 11 is 0. The Hall–Kier alpha value is -2.43. The van der Waals surface area contributed by atoms with Gasteiger partial charge < -0.3 is 14.7 Å². The highest BCUT2D eigenvalue weighted by Crippen LogP contribution is 2.10. The SMILES string of the molecule is CN=C(NCc1ccc(-n2nc(C)cc2C)nc1)N(C)Cc1ccon1.I. The fourth-order valence-corrected chi connectivity index (χ4v) is 2.71. The molecule has 0 spiro atoms. The van der Waals surface area contributed by atoms with Crippen LogP contribution in [0.4, 0.5) is 0 Å². The maximum atomic E-state index is 4.86. The molecule has 0 radical (unpaired) electrons. The zero-order chi connectivity index (χ0) is 18.5. The van der Waals surface area contributed by atoms with Crippen LogP contribution in [-0.2, 0) is 13.1 Å². The van der Waals surface area contributed by atoms with Crippen LogP contribution in [-0.4, -0.2) is 44.9 Å². The van der Waals surface area contributed by atoms with E-state index in [0.717, 1.165) is 34.4 Å². The van der Waals surface area contributed by atoms with Gasteiger partial charge in [-0.1, -0.05) is 11.2 Å². The monoisotopic (exact) mass is 481 g/mol. The van der Waals surface area contributed by atoms with Crippen molar-refractivity contribution in [2.45, 2.75) is 26.9 Å². The van der Waals surface area contributed by atoms with Crippen LogP contribution >= 0.6 is 24.0 Å². The Kier molecular flexibility index (Phi) is 7.34. The van der Waals surface area contributed by atoms with E-state index in [1.54, 1.807) is 13.3 Å². The fraction of sp³-hybridized carbons (Fsp3) is 0.333. The first-order valence-corrected chi connectivity index (χ1v) is 8.36. The zero-order valence-corrected chi connectivity index (χ0v) is 18.2. The second kappa shape index (κ2) is 9.49. The van der Waals surface area contributed by atoms with Crippen molar-refractivity contribution in [3.05, 3.63) is 59.4 Å². The maximum absolute atomic E-state index is 4.86. The van der Waals surface area contributed by atoms with Gasteiger partial charge in [-0.3, -0.25) is 4.99 Å². The van der Waals surface area contributed by atoms with Crippen molar-refractivity contribution in [1.82, 2.24) is 30.1 Å². The van der Waals surface area contributed by atoms with Gasteiger partial charge >= 0.3 is 0 Å². The first kappa shape index (κ1) is 20.9. The summed E-state index contributed by atoms with van der Waals surface area (Å²) in [5, 5.41) is 11.7. The minimum atomic E-state index is 0. The Morgan fingerprint density at radius 1 is 1.30 bits per heavy atom. The van der Waals surface area contributed by atoms with Crippen LogP contribution < -0.4 is 5.32 Å². The topological polar surface area (TPSA) is 84.4 Å². The second-order valence-corrected chi connectivity index (χ2v) is 6.11. The molecule has 27 heavy (non-hydrogen) atoms.